The summed E-state index contributed by atoms with van der Waals surface area (Å²) in [5.74, 6) is 1.68. The van der Waals surface area contributed by atoms with Crippen LogP contribution in [0.3, 0.4) is 0 Å². The zero-order valence-corrected chi connectivity index (χ0v) is 11.0. The third-order valence-corrected chi connectivity index (χ3v) is 3.38. The average Bonchev–Trinajstić information content (AvgIpc) is 2.72. The first-order valence-corrected chi connectivity index (χ1v) is 7.29. The molecule has 1 N–H and O–H groups in total. The highest BCUT2D eigenvalue weighted by Gasteiger charge is 2.07. The lowest BCUT2D eigenvalue weighted by Gasteiger charge is -2.04. The first kappa shape index (κ1) is 12.6. The summed E-state index contributed by atoms with van der Waals surface area (Å²) in [5.41, 5.74) is 0.747. The number of nitrogens with one attached hydrogen (secondary N) is 1. The first-order chi connectivity index (χ1) is 8.45. The predicted octanol–water partition coefficient (Wildman–Crippen LogP) is 2.00. The van der Waals surface area contributed by atoms with E-state index in [9.17, 15) is 8.42 Å². The van der Waals surface area contributed by atoms with Crippen molar-refractivity contribution in [3.05, 3.63) is 42.0 Å². The fraction of sp³-hybridized carbons (Fsp3) is 0.250. The second-order valence-corrected chi connectivity index (χ2v) is 5.99. The van der Waals surface area contributed by atoms with Gasteiger partial charge in [0.2, 0.25) is 0 Å². The van der Waals surface area contributed by atoms with Gasteiger partial charge in [-0.15, -0.1) is 0 Å². The van der Waals surface area contributed by atoms with Crippen LogP contribution in [0.25, 0.3) is 0 Å². The minimum absolute atomic E-state index is 0.0712. The smallest absolute Gasteiger partial charge is 0.192 e. The van der Waals surface area contributed by atoms with Crippen molar-refractivity contribution in [2.24, 2.45) is 0 Å². The standard InChI is InChI=1S/C12H14N2O3S/c1-9-3-5-11(17-9)8-13-10-4-6-12(14-7-10)18(2,15)16/h3-7,13H,8H2,1-2H3. The summed E-state index contributed by atoms with van der Waals surface area (Å²) in [6.07, 6.45) is 2.63. The van der Waals surface area contributed by atoms with Gasteiger partial charge in [-0.2, -0.15) is 0 Å². The number of hydrogen-bond donors (Lipinski definition) is 1. The molecule has 0 bridgehead atoms. The van der Waals surface area contributed by atoms with Gasteiger partial charge in [0, 0.05) is 6.26 Å². The molecule has 0 saturated carbocycles. The van der Waals surface area contributed by atoms with Gasteiger partial charge in [0.05, 0.1) is 18.4 Å². The van der Waals surface area contributed by atoms with Gasteiger partial charge in [-0.1, -0.05) is 0 Å². The summed E-state index contributed by atoms with van der Waals surface area (Å²) in [7, 11) is -3.24. The molecule has 2 aromatic rings. The Labute approximate surface area is 106 Å². The molecule has 0 fully saturated rings. The molecule has 2 rings (SSSR count). The van der Waals surface area contributed by atoms with Crippen LogP contribution < -0.4 is 5.32 Å². The van der Waals surface area contributed by atoms with Gasteiger partial charge in [0.1, 0.15) is 11.5 Å². The Hall–Kier alpha value is -1.82. The monoisotopic (exact) mass is 266 g/mol. The normalized spacial score (nSPS) is 11.4. The number of furan rings is 1. The number of rotatable bonds is 4. The third kappa shape index (κ3) is 3.10. The summed E-state index contributed by atoms with van der Waals surface area (Å²) in [5, 5.41) is 3.17. The predicted molar refractivity (Wildman–Crippen MR) is 68.1 cm³/mol. The molecular weight excluding hydrogens is 252 g/mol. The molecule has 0 aliphatic heterocycles. The Morgan fingerprint density at radius 1 is 1.28 bits per heavy atom. The lowest BCUT2D eigenvalue weighted by Crippen LogP contribution is -2.02. The number of sulfone groups is 1. The van der Waals surface area contributed by atoms with Gasteiger partial charge in [-0.25, -0.2) is 13.4 Å². The highest BCUT2D eigenvalue weighted by Crippen LogP contribution is 2.12. The molecular formula is C12H14N2O3S. The first-order valence-electron chi connectivity index (χ1n) is 5.40. The van der Waals surface area contributed by atoms with Crippen LogP contribution >= 0.6 is 0 Å². The summed E-state index contributed by atoms with van der Waals surface area (Å²) in [4.78, 5) is 3.89. The second-order valence-electron chi connectivity index (χ2n) is 4.02. The van der Waals surface area contributed by atoms with E-state index in [1.807, 2.05) is 19.1 Å². The molecule has 0 unspecified atom stereocenters. The summed E-state index contributed by atoms with van der Waals surface area (Å²) >= 11 is 0. The molecule has 5 nitrogen and oxygen atoms in total. The van der Waals surface area contributed by atoms with Crippen molar-refractivity contribution in [2.45, 2.75) is 18.5 Å². The Kier molecular flexibility index (Phi) is 3.38. The highest BCUT2D eigenvalue weighted by atomic mass is 32.2. The van der Waals surface area contributed by atoms with E-state index in [1.165, 1.54) is 12.3 Å². The number of hydrogen-bond acceptors (Lipinski definition) is 5. The molecule has 0 aliphatic carbocycles. The van der Waals surface area contributed by atoms with Gasteiger partial charge in [0.25, 0.3) is 0 Å². The minimum Gasteiger partial charge on any atom is -0.465 e. The Bertz CT molecular complexity index is 630. The van der Waals surface area contributed by atoms with Crippen LogP contribution in [0, 0.1) is 6.92 Å². The zero-order valence-electron chi connectivity index (χ0n) is 10.2. The van der Waals surface area contributed by atoms with Crippen LogP contribution in [-0.4, -0.2) is 19.7 Å². The lowest BCUT2D eigenvalue weighted by molar-refractivity contribution is 0.490. The molecule has 0 spiro atoms. The van der Waals surface area contributed by atoms with Crippen molar-refractivity contribution >= 4 is 15.5 Å². The number of aryl methyl sites for hydroxylation is 1. The van der Waals surface area contributed by atoms with Crippen LogP contribution in [0.5, 0.6) is 0 Å². The Morgan fingerprint density at radius 2 is 2.06 bits per heavy atom. The van der Waals surface area contributed by atoms with Crippen molar-refractivity contribution in [3.63, 3.8) is 0 Å². The van der Waals surface area contributed by atoms with Gasteiger partial charge < -0.3 is 9.73 Å². The SMILES string of the molecule is Cc1ccc(CNc2ccc(S(C)(=O)=O)nc2)o1. The van der Waals surface area contributed by atoms with E-state index in [1.54, 1.807) is 6.07 Å². The van der Waals surface area contributed by atoms with Gasteiger partial charge >= 0.3 is 0 Å². The summed E-state index contributed by atoms with van der Waals surface area (Å²) in [6, 6.07) is 6.94. The molecule has 96 valence electrons. The molecule has 0 radical (unpaired) electrons. The van der Waals surface area contributed by atoms with Crippen LogP contribution in [0.2, 0.25) is 0 Å². The molecule has 2 heterocycles. The largest absolute Gasteiger partial charge is 0.465 e. The van der Waals surface area contributed by atoms with Crippen LogP contribution in [-0.2, 0) is 16.4 Å². The third-order valence-electron chi connectivity index (χ3n) is 2.38. The average molecular weight is 266 g/mol. The molecule has 0 saturated heterocycles. The van der Waals surface area contributed by atoms with Gasteiger partial charge in [-0.05, 0) is 31.2 Å². The van der Waals surface area contributed by atoms with E-state index in [0.717, 1.165) is 23.5 Å². The van der Waals surface area contributed by atoms with Crippen molar-refractivity contribution in [2.75, 3.05) is 11.6 Å². The van der Waals surface area contributed by atoms with Crippen LogP contribution in [0.15, 0.2) is 39.9 Å². The van der Waals surface area contributed by atoms with Gasteiger partial charge in [0.15, 0.2) is 14.9 Å². The number of nitrogens with zero attached hydrogens (tertiary/aromatic N) is 1. The second kappa shape index (κ2) is 4.81. The molecule has 0 aromatic carbocycles. The topological polar surface area (TPSA) is 72.2 Å². The maximum absolute atomic E-state index is 11.2. The number of aromatic nitrogens is 1. The minimum atomic E-state index is -3.24. The van der Waals surface area contributed by atoms with E-state index in [2.05, 4.69) is 10.3 Å². The lowest BCUT2D eigenvalue weighted by atomic mass is 10.4. The zero-order chi connectivity index (χ0) is 13.2. The van der Waals surface area contributed by atoms with Gasteiger partial charge in [-0.3, -0.25) is 0 Å². The van der Waals surface area contributed by atoms with E-state index < -0.39 is 9.84 Å². The molecule has 18 heavy (non-hydrogen) atoms. The quantitative estimate of drug-likeness (QED) is 0.916. The van der Waals surface area contributed by atoms with E-state index >= 15 is 0 Å². The molecule has 0 atom stereocenters. The van der Waals surface area contributed by atoms with Crippen molar-refractivity contribution in [3.8, 4) is 0 Å². The molecule has 2 aromatic heterocycles. The summed E-state index contributed by atoms with van der Waals surface area (Å²) < 4.78 is 27.9. The fourth-order valence-corrected chi connectivity index (χ4v) is 2.03. The number of anilines is 1. The van der Waals surface area contributed by atoms with E-state index in [0.29, 0.717) is 6.54 Å². The van der Waals surface area contributed by atoms with Crippen LogP contribution in [0.4, 0.5) is 5.69 Å². The van der Waals surface area contributed by atoms with E-state index in [4.69, 9.17) is 4.42 Å². The molecule has 0 aliphatic rings. The summed E-state index contributed by atoms with van der Waals surface area (Å²) in [6.45, 7) is 2.42. The maximum Gasteiger partial charge on any atom is 0.192 e. The van der Waals surface area contributed by atoms with Crippen molar-refractivity contribution in [1.82, 2.24) is 4.98 Å². The van der Waals surface area contributed by atoms with Crippen LogP contribution in [0.1, 0.15) is 11.5 Å². The van der Waals surface area contributed by atoms with Crippen molar-refractivity contribution < 1.29 is 12.8 Å². The molecule has 0 amide bonds. The number of pyridine rings is 1. The highest BCUT2D eigenvalue weighted by molar-refractivity contribution is 7.90. The van der Waals surface area contributed by atoms with E-state index in [-0.39, 0.29) is 5.03 Å². The Morgan fingerprint density at radius 3 is 2.56 bits per heavy atom. The fourth-order valence-electron chi connectivity index (χ4n) is 1.47. The van der Waals surface area contributed by atoms with Crippen molar-refractivity contribution in [1.29, 1.82) is 0 Å². The Balaban J connectivity index is 2.03. The maximum atomic E-state index is 11.2. The molecule has 6 heteroatoms.